The molecule has 0 aliphatic carbocycles. The number of nitrogens with zero attached hydrogens (tertiary/aromatic N) is 2. The average Bonchev–Trinajstić information content (AvgIpc) is 3.24. The number of rotatable bonds is 2. The molecule has 0 aromatic heterocycles. The number of hydrazone groups is 1. The summed E-state index contributed by atoms with van der Waals surface area (Å²) in [4.78, 5) is 0. The van der Waals surface area contributed by atoms with Gasteiger partial charge in [-0.1, -0.05) is 64.5 Å². The first-order valence-electron chi connectivity index (χ1n) is 10.3. The minimum absolute atomic E-state index is 0.0118. The van der Waals surface area contributed by atoms with E-state index in [-0.39, 0.29) is 11.9 Å². The van der Waals surface area contributed by atoms with Crippen molar-refractivity contribution in [2.75, 3.05) is 0 Å². The molecule has 2 atom stereocenters. The second-order valence-corrected chi connectivity index (χ2v) is 9.81. The fraction of sp³-hybridized carbons (Fsp3) is 0.115. The zero-order chi connectivity index (χ0) is 21.8. The standard InChI is InChI=1S/C26H17Br2FN2O/c27-19-12-21-24-14-23(17-9-8-15-4-1-2-5-16(15)10-17)30-31(24)26(32-25(21)22(28)13-19)18-6-3-7-20(29)11-18/h1-13,24,26H,14H2/t24-,26+/m1/s1. The molecule has 0 N–H and O–H groups in total. The molecule has 6 heteroatoms. The molecule has 0 fully saturated rings. The lowest BCUT2D eigenvalue weighted by Crippen LogP contribution is -2.34. The van der Waals surface area contributed by atoms with E-state index in [1.807, 2.05) is 29.3 Å². The van der Waals surface area contributed by atoms with Crippen LogP contribution < -0.4 is 4.74 Å². The summed E-state index contributed by atoms with van der Waals surface area (Å²) in [5.74, 6) is 0.486. The second kappa shape index (κ2) is 7.71. The van der Waals surface area contributed by atoms with Crippen LogP contribution in [0.1, 0.15) is 35.4 Å². The summed E-state index contributed by atoms with van der Waals surface area (Å²) in [5.41, 5.74) is 3.87. The van der Waals surface area contributed by atoms with E-state index in [9.17, 15) is 4.39 Å². The van der Waals surface area contributed by atoms with Crippen molar-refractivity contribution < 1.29 is 9.13 Å². The highest BCUT2D eigenvalue weighted by atomic mass is 79.9. The van der Waals surface area contributed by atoms with Gasteiger partial charge in [0.25, 0.3) is 0 Å². The van der Waals surface area contributed by atoms with E-state index in [1.54, 1.807) is 6.07 Å². The van der Waals surface area contributed by atoms with Gasteiger partial charge in [0.05, 0.1) is 16.2 Å². The summed E-state index contributed by atoms with van der Waals surface area (Å²) >= 11 is 7.25. The molecule has 32 heavy (non-hydrogen) atoms. The van der Waals surface area contributed by atoms with Gasteiger partial charge in [-0.2, -0.15) is 5.10 Å². The number of hydrogen-bond donors (Lipinski definition) is 0. The highest BCUT2D eigenvalue weighted by Gasteiger charge is 2.42. The molecule has 0 saturated heterocycles. The average molecular weight is 552 g/mol. The molecular formula is C26H17Br2FN2O. The first kappa shape index (κ1) is 19.9. The third-order valence-electron chi connectivity index (χ3n) is 6.02. The minimum Gasteiger partial charge on any atom is -0.463 e. The molecule has 2 heterocycles. The monoisotopic (exact) mass is 550 g/mol. The van der Waals surface area contributed by atoms with Gasteiger partial charge in [-0.15, -0.1) is 0 Å². The normalized spacial score (nSPS) is 19.3. The highest BCUT2D eigenvalue weighted by molar-refractivity contribution is 9.11. The molecule has 0 saturated carbocycles. The Labute approximate surface area is 201 Å². The summed E-state index contributed by atoms with van der Waals surface area (Å²) in [6.45, 7) is 0. The lowest BCUT2D eigenvalue weighted by Gasteiger charge is -2.38. The van der Waals surface area contributed by atoms with Crippen LogP contribution in [0.3, 0.4) is 0 Å². The predicted molar refractivity (Wildman–Crippen MR) is 131 cm³/mol. The fourth-order valence-corrected chi connectivity index (χ4v) is 5.89. The van der Waals surface area contributed by atoms with Gasteiger partial charge in [0.1, 0.15) is 11.6 Å². The van der Waals surface area contributed by atoms with E-state index >= 15 is 0 Å². The van der Waals surface area contributed by atoms with E-state index in [0.717, 1.165) is 43.5 Å². The van der Waals surface area contributed by atoms with Gasteiger partial charge >= 0.3 is 0 Å². The van der Waals surface area contributed by atoms with Gasteiger partial charge in [0, 0.05) is 22.0 Å². The van der Waals surface area contributed by atoms with Crippen molar-refractivity contribution in [1.82, 2.24) is 5.01 Å². The molecule has 0 radical (unpaired) electrons. The molecule has 0 bridgehead atoms. The van der Waals surface area contributed by atoms with Gasteiger partial charge in [0.15, 0.2) is 0 Å². The zero-order valence-electron chi connectivity index (χ0n) is 16.8. The van der Waals surface area contributed by atoms with Gasteiger partial charge in [-0.3, -0.25) is 0 Å². The molecule has 4 aromatic rings. The summed E-state index contributed by atoms with van der Waals surface area (Å²) in [5, 5.41) is 9.36. The Morgan fingerprint density at radius 2 is 1.75 bits per heavy atom. The minimum atomic E-state index is -0.515. The van der Waals surface area contributed by atoms with E-state index < -0.39 is 6.23 Å². The van der Waals surface area contributed by atoms with Crippen molar-refractivity contribution >= 4 is 48.3 Å². The van der Waals surface area contributed by atoms with Crippen LogP contribution in [0.4, 0.5) is 4.39 Å². The molecule has 158 valence electrons. The predicted octanol–water partition coefficient (Wildman–Crippen LogP) is 7.75. The SMILES string of the molecule is Fc1cccc([C@@H]2Oc3c(Br)cc(Br)cc3[C@H]3CC(c4ccc5ccccc5c4)=NN32)c1. The van der Waals surface area contributed by atoms with Crippen LogP contribution in [0.5, 0.6) is 5.75 Å². The lowest BCUT2D eigenvalue weighted by molar-refractivity contribution is -0.0199. The number of ether oxygens (including phenoxy) is 1. The van der Waals surface area contributed by atoms with Crippen LogP contribution in [0, 0.1) is 5.82 Å². The largest absolute Gasteiger partial charge is 0.463 e. The van der Waals surface area contributed by atoms with Crippen LogP contribution in [-0.2, 0) is 0 Å². The Kier molecular flexibility index (Phi) is 4.81. The molecule has 4 aromatic carbocycles. The molecule has 0 amide bonds. The van der Waals surface area contributed by atoms with Crippen molar-refractivity contribution in [2.24, 2.45) is 5.10 Å². The summed E-state index contributed by atoms with van der Waals surface area (Å²) < 4.78 is 22.3. The fourth-order valence-electron chi connectivity index (χ4n) is 4.54. The van der Waals surface area contributed by atoms with Crippen LogP contribution in [-0.4, -0.2) is 10.7 Å². The number of fused-ring (bicyclic) bond motifs is 4. The molecule has 2 aliphatic rings. The van der Waals surface area contributed by atoms with E-state index in [4.69, 9.17) is 9.84 Å². The maximum atomic E-state index is 14.1. The third kappa shape index (κ3) is 3.33. The van der Waals surface area contributed by atoms with Gasteiger partial charge in [0.2, 0.25) is 6.23 Å². The topological polar surface area (TPSA) is 24.8 Å². The first-order valence-corrected chi connectivity index (χ1v) is 11.9. The molecular weight excluding hydrogens is 535 g/mol. The maximum Gasteiger partial charge on any atom is 0.214 e. The first-order chi connectivity index (χ1) is 15.6. The quantitative estimate of drug-likeness (QED) is 0.254. The van der Waals surface area contributed by atoms with Crippen LogP contribution in [0.25, 0.3) is 10.8 Å². The van der Waals surface area contributed by atoms with Gasteiger partial charge in [-0.25, -0.2) is 9.40 Å². The lowest BCUT2D eigenvalue weighted by atomic mass is 9.95. The van der Waals surface area contributed by atoms with Crippen molar-refractivity contribution in [1.29, 1.82) is 0 Å². The molecule has 2 aliphatic heterocycles. The van der Waals surface area contributed by atoms with Gasteiger partial charge in [-0.05, 0) is 62.6 Å². The van der Waals surface area contributed by atoms with Crippen molar-refractivity contribution in [3.05, 3.63) is 110 Å². The second-order valence-electron chi connectivity index (χ2n) is 8.04. The zero-order valence-corrected chi connectivity index (χ0v) is 20.0. The smallest absolute Gasteiger partial charge is 0.214 e. The van der Waals surface area contributed by atoms with Crippen LogP contribution in [0.15, 0.2) is 92.9 Å². The number of hydrogen-bond acceptors (Lipinski definition) is 3. The Balaban J connectivity index is 1.48. The Morgan fingerprint density at radius 3 is 2.59 bits per heavy atom. The Hall–Kier alpha value is -2.70. The van der Waals surface area contributed by atoms with Crippen molar-refractivity contribution in [3.63, 3.8) is 0 Å². The van der Waals surface area contributed by atoms with Crippen molar-refractivity contribution in [2.45, 2.75) is 18.7 Å². The summed E-state index contributed by atoms with van der Waals surface area (Å²) in [7, 11) is 0. The highest BCUT2D eigenvalue weighted by Crippen LogP contribution is 2.50. The van der Waals surface area contributed by atoms with E-state index in [2.05, 4.69) is 68.3 Å². The Morgan fingerprint density at radius 1 is 0.906 bits per heavy atom. The molecule has 6 rings (SSSR count). The maximum absolute atomic E-state index is 14.1. The summed E-state index contributed by atoms with van der Waals surface area (Å²) in [6, 6.07) is 25.3. The molecule has 3 nitrogen and oxygen atoms in total. The van der Waals surface area contributed by atoms with E-state index in [0.29, 0.717) is 0 Å². The van der Waals surface area contributed by atoms with Crippen LogP contribution in [0.2, 0.25) is 0 Å². The molecule has 0 unspecified atom stereocenters. The van der Waals surface area contributed by atoms with E-state index in [1.165, 1.54) is 22.9 Å². The number of halogens is 3. The molecule has 0 spiro atoms. The third-order valence-corrected chi connectivity index (χ3v) is 7.07. The number of benzene rings is 4. The van der Waals surface area contributed by atoms with Crippen molar-refractivity contribution in [3.8, 4) is 5.75 Å². The Bertz CT molecular complexity index is 1400. The van der Waals surface area contributed by atoms with Crippen LogP contribution >= 0.6 is 31.9 Å². The van der Waals surface area contributed by atoms with Gasteiger partial charge < -0.3 is 4.74 Å². The summed E-state index contributed by atoms with van der Waals surface area (Å²) in [6.07, 6.45) is 0.224.